The van der Waals surface area contributed by atoms with Crippen LogP contribution >= 0.6 is 34.8 Å². The maximum atomic E-state index is 13.3. The second-order valence-corrected chi connectivity index (χ2v) is 14.5. The molecule has 52 heavy (non-hydrogen) atoms. The first-order valence-corrected chi connectivity index (χ1v) is 19.9. The average molecular weight is 770 g/mol. The molecule has 0 atom stereocenters. The van der Waals surface area contributed by atoms with Crippen molar-refractivity contribution < 1.29 is 19.1 Å². The number of anilines is 2. The lowest BCUT2D eigenvalue weighted by atomic mass is 10.0. The standard InChI is InChI=1S/C41H51Cl3N4O4/c1-2-3-4-5-6-7-8-9-10-11-12-13-14-15-16-19-25-52-36-24-18-17-23-33(36)41(51)45-32-22-20-21-30(26-32)40(50)46-37-29-38(49)48(47-37)39-34(43)27-31(42)28-35(39)44/h17-18,20-24,26-28H,2-16,19,25,29H2,1H3,(H,45,51)(H,46,47,50). The summed E-state index contributed by atoms with van der Waals surface area (Å²) in [6.07, 6.45) is 20.8. The van der Waals surface area contributed by atoms with Gasteiger partial charge in [0.05, 0.1) is 28.6 Å². The third-order valence-corrected chi connectivity index (χ3v) is 9.79. The van der Waals surface area contributed by atoms with Crippen molar-refractivity contribution in [3.05, 3.63) is 86.9 Å². The van der Waals surface area contributed by atoms with E-state index < -0.39 is 11.8 Å². The highest BCUT2D eigenvalue weighted by atomic mass is 35.5. The molecule has 0 saturated heterocycles. The van der Waals surface area contributed by atoms with E-state index in [0.717, 1.165) is 17.9 Å². The van der Waals surface area contributed by atoms with Crippen molar-refractivity contribution in [3.63, 3.8) is 0 Å². The molecule has 11 heteroatoms. The van der Waals surface area contributed by atoms with Crippen molar-refractivity contribution in [3.8, 4) is 5.75 Å². The van der Waals surface area contributed by atoms with E-state index in [1.165, 1.54) is 102 Å². The topological polar surface area (TPSA) is 100 Å². The number of nitrogens with zero attached hydrogens (tertiary/aromatic N) is 2. The first-order chi connectivity index (χ1) is 25.3. The Kier molecular flexibility index (Phi) is 17.8. The van der Waals surface area contributed by atoms with Gasteiger partial charge >= 0.3 is 0 Å². The second kappa shape index (κ2) is 22.5. The number of amides is 3. The van der Waals surface area contributed by atoms with Crippen LogP contribution in [0.25, 0.3) is 0 Å². The molecule has 0 aliphatic carbocycles. The van der Waals surface area contributed by atoms with Crippen LogP contribution in [0.3, 0.4) is 0 Å². The third kappa shape index (κ3) is 13.4. The number of rotatable bonds is 22. The number of ether oxygens (including phenoxy) is 1. The van der Waals surface area contributed by atoms with E-state index in [1.54, 1.807) is 42.5 Å². The number of carbonyl (C=O) groups excluding carboxylic acids is 3. The number of halogens is 3. The lowest BCUT2D eigenvalue weighted by Gasteiger charge is -2.15. The largest absolute Gasteiger partial charge is 0.493 e. The molecule has 0 saturated carbocycles. The zero-order valence-corrected chi connectivity index (χ0v) is 32.4. The predicted molar refractivity (Wildman–Crippen MR) is 214 cm³/mol. The van der Waals surface area contributed by atoms with Crippen molar-refractivity contribution in [1.82, 2.24) is 5.32 Å². The third-order valence-electron chi connectivity index (χ3n) is 9.00. The van der Waals surface area contributed by atoms with Gasteiger partial charge in [-0.25, -0.2) is 0 Å². The van der Waals surface area contributed by atoms with E-state index >= 15 is 0 Å². The van der Waals surface area contributed by atoms with Crippen LogP contribution in [-0.2, 0) is 4.79 Å². The molecule has 2 N–H and O–H groups in total. The minimum atomic E-state index is -0.500. The van der Waals surface area contributed by atoms with E-state index in [4.69, 9.17) is 39.5 Å². The summed E-state index contributed by atoms with van der Waals surface area (Å²) in [6, 6.07) is 16.6. The van der Waals surface area contributed by atoms with Crippen molar-refractivity contribution >= 4 is 69.7 Å². The summed E-state index contributed by atoms with van der Waals surface area (Å²) in [5.41, 5.74) is 1.28. The Labute approximate surface area is 323 Å². The highest BCUT2D eigenvalue weighted by Gasteiger charge is 2.30. The summed E-state index contributed by atoms with van der Waals surface area (Å²) in [4.78, 5) is 39.1. The van der Waals surface area contributed by atoms with Crippen LogP contribution in [0.15, 0.2) is 65.8 Å². The molecule has 0 fully saturated rings. The van der Waals surface area contributed by atoms with Crippen LogP contribution in [0.2, 0.25) is 15.1 Å². The Morgan fingerprint density at radius 3 is 1.90 bits per heavy atom. The van der Waals surface area contributed by atoms with Gasteiger partial charge < -0.3 is 15.4 Å². The number of carbonyl (C=O) groups is 3. The Hall–Kier alpha value is -3.59. The fourth-order valence-corrected chi connectivity index (χ4v) is 7.14. The van der Waals surface area contributed by atoms with Gasteiger partial charge in [0.1, 0.15) is 17.3 Å². The highest BCUT2D eigenvalue weighted by Crippen LogP contribution is 2.38. The van der Waals surface area contributed by atoms with Gasteiger partial charge in [-0.3, -0.25) is 14.4 Å². The number of nitrogens with one attached hydrogen (secondary N) is 2. The van der Waals surface area contributed by atoms with Crippen molar-refractivity contribution in [1.29, 1.82) is 0 Å². The zero-order chi connectivity index (χ0) is 37.1. The molecule has 0 unspecified atom stereocenters. The molecule has 0 bridgehead atoms. The van der Waals surface area contributed by atoms with Crippen molar-refractivity contribution in [2.24, 2.45) is 5.10 Å². The van der Waals surface area contributed by atoms with Crippen molar-refractivity contribution in [2.75, 3.05) is 16.9 Å². The smallest absolute Gasteiger partial charge is 0.259 e. The number of benzene rings is 3. The zero-order valence-electron chi connectivity index (χ0n) is 30.2. The first-order valence-electron chi connectivity index (χ1n) is 18.8. The molecule has 0 radical (unpaired) electrons. The molecule has 1 heterocycles. The Bertz CT molecular complexity index is 1640. The van der Waals surface area contributed by atoms with Crippen LogP contribution in [0.1, 0.15) is 137 Å². The molecular weight excluding hydrogens is 719 g/mol. The Morgan fingerprint density at radius 2 is 1.29 bits per heavy atom. The Balaban J connectivity index is 1.16. The fourth-order valence-electron chi connectivity index (χ4n) is 6.16. The van der Waals surface area contributed by atoms with E-state index in [1.807, 2.05) is 6.07 Å². The van der Waals surface area contributed by atoms with E-state index in [-0.39, 0.29) is 39.5 Å². The maximum Gasteiger partial charge on any atom is 0.259 e. The second-order valence-electron chi connectivity index (χ2n) is 13.3. The van der Waals surface area contributed by atoms with Gasteiger partial charge in [0.15, 0.2) is 0 Å². The van der Waals surface area contributed by atoms with Crippen LogP contribution in [0, 0.1) is 0 Å². The molecule has 3 aromatic rings. The van der Waals surface area contributed by atoms with E-state index in [9.17, 15) is 14.4 Å². The summed E-state index contributed by atoms with van der Waals surface area (Å²) < 4.78 is 6.03. The summed E-state index contributed by atoms with van der Waals surface area (Å²) in [7, 11) is 0. The quantitative estimate of drug-likeness (QED) is 0.0994. The molecule has 3 aromatic carbocycles. The minimum absolute atomic E-state index is 0.127. The lowest BCUT2D eigenvalue weighted by Crippen LogP contribution is -2.29. The van der Waals surface area contributed by atoms with Gasteiger partial charge in [-0.1, -0.05) is 156 Å². The van der Waals surface area contributed by atoms with Crippen LogP contribution < -0.4 is 20.4 Å². The summed E-state index contributed by atoms with van der Waals surface area (Å²) in [5, 5.41) is 11.4. The predicted octanol–water partition coefficient (Wildman–Crippen LogP) is 12.0. The van der Waals surface area contributed by atoms with Gasteiger partial charge in [-0.15, -0.1) is 0 Å². The van der Waals surface area contributed by atoms with E-state index in [2.05, 4.69) is 22.7 Å². The molecule has 0 aromatic heterocycles. The SMILES string of the molecule is CCCCCCCCCCCCCCCCCCOc1ccccc1C(=O)Nc1cccc(C(=O)NC2=NN(c3c(Cl)cc(Cl)cc3Cl)C(=O)C2)c1. The summed E-state index contributed by atoms with van der Waals surface area (Å²) in [5.74, 6) is -0.622. The number of para-hydroxylation sites is 1. The molecule has 8 nitrogen and oxygen atoms in total. The van der Waals surface area contributed by atoms with Gasteiger partial charge in [0.25, 0.3) is 17.7 Å². The van der Waals surface area contributed by atoms with Gasteiger partial charge in [-0.05, 0) is 48.9 Å². The monoisotopic (exact) mass is 768 g/mol. The molecule has 1 aliphatic heterocycles. The Morgan fingerprint density at radius 1 is 0.712 bits per heavy atom. The molecule has 1 aliphatic rings. The maximum absolute atomic E-state index is 13.3. The summed E-state index contributed by atoms with van der Waals surface area (Å²) in [6.45, 7) is 2.81. The highest BCUT2D eigenvalue weighted by molar-refractivity contribution is 6.42. The van der Waals surface area contributed by atoms with Gasteiger partial charge in [-0.2, -0.15) is 10.1 Å². The number of hydrogen-bond acceptors (Lipinski definition) is 5. The minimum Gasteiger partial charge on any atom is -0.493 e. The lowest BCUT2D eigenvalue weighted by molar-refractivity contribution is -0.116. The van der Waals surface area contributed by atoms with Crippen molar-refractivity contribution in [2.45, 2.75) is 116 Å². The van der Waals surface area contributed by atoms with Gasteiger partial charge in [0, 0.05) is 16.3 Å². The van der Waals surface area contributed by atoms with Crippen LogP contribution in [0.4, 0.5) is 11.4 Å². The summed E-state index contributed by atoms with van der Waals surface area (Å²) >= 11 is 18.5. The molecule has 280 valence electrons. The van der Waals surface area contributed by atoms with E-state index in [0.29, 0.717) is 28.6 Å². The van der Waals surface area contributed by atoms with Crippen LogP contribution in [-0.4, -0.2) is 30.2 Å². The number of unbranched alkanes of at least 4 members (excludes halogenated alkanes) is 15. The molecule has 4 rings (SSSR count). The number of hydrogen-bond donors (Lipinski definition) is 2. The molecular formula is C41H51Cl3N4O4. The van der Waals surface area contributed by atoms with Crippen LogP contribution in [0.5, 0.6) is 5.75 Å². The van der Waals surface area contributed by atoms with Gasteiger partial charge in [0.2, 0.25) is 0 Å². The average Bonchev–Trinajstić information content (AvgIpc) is 3.47. The number of hydrazone groups is 1. The fraction of sp³-hybridized carbons (Fsp3) is 0.463. The molecule has 0 spiro atoms. The number of amidine groups is 1. The first kappa shape index (κ1) is 41.2. The normalized spacial score (nSPS) is 12.6. The molecule has 3 amide bonds.